The Morgan fingerprint density at radius 3 is 2.50 bits per heavy atom. The molecule has 3 N–H and O–H groups in total. The van der Waals surface area contributed by atoms with Crippen molar-refractivity contribution in [2.24, 2.45) is 11.7 Å². The van der Waals surface area contributed by atoms with Crippen LogP contribution >= 0.6 is 0 Å². The molecular formula is C8H16N4. The lowest BCUT2D eigenvalue weighted by Crippen LogP contribution is -2.07. The van der Waals surface area contributed by atoms with Crippen LogP contribution in [0.5, 0.6) is 0 Å². The molecule has 0 aromatic carbocycles. The molecule has 0 aliphatic heterocycles. The van der Waals surface area contributed by atoms with E-state index in [-0.39, 0.29) is 6.04 Å². The summed E-state index contributed by atoms with van der Waals surface area (Å²) in [4.78, 5) is 4.26. The normalized spacial score (nSPS) is 13.8. The number of rotatable bonds is 3. The van der Waals surface area contributed by atoms with Crippen LogP contribution in [0.2, 0.25) is 0 Å². The zero-order chi connectivity index (χ0) is 9.14. The minimum absolute atomic E-state index is 0.0813. The second-order valence-electron chi connectivity index (χ2n) is 3.53. The molecule has 4 heteroatoms. The van der Waals surface area contributed by atoms with Gasteiger partial charge in [0.1, 0.15) is 5.82 Å². The van der Waals surface area contributed by atoms with Crippen molar-refractivity contribution in [3.05, 3.63) is 11.6 Å². The molecule has 1 heterocycles. The van der Waals surface area contributed by atoms with Gasteiger partial charge in [0.25, 0.3) is 0 Å². The summed E-state index contributed by atoms with van der Waals surface area (Å²) in [6.07, 6.45) is 0.930. The first-order chi connectivity index (χ1) is 5.59. The summed E-state index contributed by atoms with van der Waals surface area (Å²) in [5.74, 6) is 2.22. The second-order valence-corrected chi connectivity index (χ2v) is 3.53. The van der Waals surface area contributed by atoms with Crippen LogP contribution in [-0.4, -0.2) is 15.2 Å². The lowest BCUT2D eigenvalue weighted by molar-refractivity contribution is 0.621. The van der Waals surface area contributed by atoms with Crippen molar-refractivity contribution < 1.29 is 0 Å². The summed E-state index contributed by atoms with van der Waals surface area (Å²) in [5, 5.41) is 6.88. The number of H-pyrrole nitrogens is 1. The van der Waals surface area contributed by atoms with Crippen LogP contribution in [0.4, 0.5) is 0 Å². The zero-order valence-corrected chi connectivity index (χ0v) is 7.83. The number of nitrogens with zero attached hydrogens (tertiary/aromatic N) is 2. The average Bonchev–Trinajstić information content (AvgIpc) is 2.34. The Balaban J connectivity index is 2.64. The van der Waals surface area contributed by atoms with E-state index < -0.39 is 0 Å². The molecular weight excluding hydrogens is 152 g/mol. The van der Waals surface area contributed by atoms with E-state index >= 15 is 0 Å². The Bertz CT molecular complexity index is 239. The van der Waals surface area contributed by atoms with Gasteiger partial charge < -0.3 is 5.73 Å². The summed E-state index contributed by atoms with van der Waals surface area (Å²) >= 11 is 0. The molecule has 1 aromatic rings. The molecule has 0 spiro atoms. The fourth-order valence-corrected chi connectivity index (χ4v) is 0.992. The third-order valence-electron chi connectivity index (χ3n) is 1.56. The smallest absolute Gasteiger partial charge is 0.167 e. The SMILES string of the molecule is CC(C)Cc1nc(C(C)N)n[nH]1. The number of nitrogens with one attached hydrogen (secondary N) is 1. The van der Waals surface area contributed by atoms with Crippen molar-refractivity contribution in [1.82, 2.24) is 15.2 Å². The summed E-state index contributed by atoms with van der Waals surface area (Å²) in [6, 6.07) is -0.0813. The first-order valence-electron chi connectivity index (χ1n) is 4.26. The number of aromatic amines is 1. The summed E-state index contributed by atoms with van der Waals surface area (Å²) in [5.41, 5.74) is 5.61. The van der Waals surface area contributed by atoms with Crippen LogP contribution in [-0.2, 0) is 6.42 Å². The molecule has 1 atom stereocenters. The highest BCUT2D eigenvalue weighted by atomic mass is 15.2. The highest BCUT2D eigenvalue weighted by Gasteiger charge is 2.07. The molecule has 0 aliphatic carbocycles. The highest BCUT2D eigenvalue weighted by Crippen LogP contribution is 2.06. The van der Waals surface area contributed by atoms with E-state index in [1.165, 1.54) is 0 Å². The van der Waals surface area contributed by atoms with Gasteiger partial charge in [-0.3, -0.25) is 5.10 Å². The molecule has 0 saturated heterocycles. The lowest BCUT2D eigenvalue weighted by Gasteiger charge is -1.98. The van der Waals surface area contributed by atoms with Gasteiger partial charge in [-0.15, -0.1) is 0 Å². The fourth-order valence-electron chi connectivity index (χ4n) is 0.992. The molecule has 12 heavy (non-hydrogen) atoms. The predicted octanol–water partition coefficient (Wildman–Crippen LogP) is 1.02. The second kappa shape index (κ2) is 3.67. The van der Waals surface area contributed by atoms with Crippen molar-refractivity contribution in [3.8, 4) is 0 Å². The van der Waals surface area contributed by atoms with E-state index in [1.54, 1.807) is 0 Å². The molecule has 0 amide bonds. The van der Waals surface area contributed by atoms with Crippen molar-refractivity contribution in [2.75, 3.05) is 0 Å². The number of hydrogen-bond acceptors (Lipinski definition) is 3. The summed E-state index contributed by atoms with van der Waals surface area (Å²) < 4.78 is 0. The van der Waals surface area contributed by atoms with Crippen LogP contribution in [0.25, 0.3) is 0 Å². The van der Waals surface area contributed by atoms with Crippen LogP contribution in [0.15, 0.2) is 0 Å². The van der Waals surface area contributed by atoms with Gasteiger partial charge in [-0.1, -0.05) is 13.8 Å². The highest BCUT2D eigenvalue weighted by molar-refractivity contribution is 4.94. The van der Waals surface area contributed by atoms with Gasteiger partial charge in [-0.25, -0.2) is 4.98 Å². The van der Waals surface area contributed by atoms with Crippen molar-refractivity contribution in [1.29, 1.82) is 0 Å². The van der Waals surface area contributed by atoms with E-state index in [0.717, 1.165) is 12.2 Å². The van der Waals surface area contributed by atoms with E-state index in [0.29, 0.717) is 11.7 Å². The lowest BCUT2D eigenvalue weighted by atomic mass is 10.1. The van der Waals surface area contributed by atoms with Crippen molar-refractivity contribution in [2.45, 2.75) is 33.2 Å². The van der Waals surface area contributed by atoms with Crippen molar-refractivity contribution in [3.63, 3.8) is 0 Å². The Kier molecular flexibility index (Phi) is 2.81. The first-order valence-corrected chi connectivity index (χ1v) is 4.26. The molecule has 0 saturated carbocycles. The van der Waals surface area contributed by atoms with Gasteiger partial charge in [-0.05, 0) is 12.8 Å². The van der Waals surface area contributed by atoms with Gasteiger partial charge in [0.05, 0.1) is 6.04 Å². The Morgan fingerprint density at radius 1 is 1.42 bits per heavy atom. The fraction of sp³-hybridized carbons (Fsp3) is 0.750. The summed E-state index contributed by atoms with van der Waals surface area (Å²) in [6.45, 7) is 6.17. The standard InChI is InChI=1S/C8H16N4/c1-5(2)4-7-10-8(6(3)9)12-11-7/h5-6H,4,9H2,1-3H3,(H,10,11,12). The van der Waals surface area contributed by atoms with E-state index in [4.69, 9.17) is 5.73 Å². The molecule has 68 valence electrons. The third-order valence-corrected chi connectivity index (χ3v) is 1.56. The van der Waals surface area contributed by atoms with E-state index in [9.17, 15) is 0 Å². The number of aromatic nitrogens is 3. The maximum Gasteiger partial charge on any atom is 0.167 e. The maximum absolute atomic E-state index is 5.61. The predicted molar refractivity (Wildman–Crippen MR) is 47.5 cm³/mol. The monoisotopic (exact) mass is 168 g/mol. The molecule has 0 fully saturated rings. The van der Waals surface area contributed by atoms with Crippen LogP contribution in [0.1, 0.15) is 38.5 Å². The Morgan fingerprint density at radius 2 is 2.08 bits per heavy atom. The van der Waals surface area contributed by atoms with Crippen LogP contribution < -0.4 is 5.73 Å². The Hall–Kier alpha value is -0.900. The Labute approximate surface area is 72.6 Å². The van der Waals surface area contributed by atoms with E-state index in [1.807, 2.05) is 6.92 Å². The van der Waals surface area contributed by atoms with Gasteiger partial charge in [0.15, 0.2) is 5.82 Å². The molecule has 0 bridgehead atoms. The molecule has 0 aliphatic rings. The van der Waals surface area contributed by atoms with Gasteiger partial charge in [0.2, 0.25) is 0 Å². The van der Waals surface area contributed by atoms with Crippen molar-refractivity contribution >= 4 is 0 Å². The van der Waals surface area contributed by atoms with Gasteiger partial charge >= 0.3 is 0 Å². The first kappa shape index (κ1) is 9.19. The largest absolute Gasteiger partial charge is 0.321 e. The molecule has 1 unspecified atom stereocenters. The van der Waals surface area contributed by atoms with Crippen LogP contribution in [0.3, 0.4) is 0 Å². The zero-order valence-electron chi connectivity index (χ0n) is 7.83. The quantitative estimate of drug-likeness (QED) is 0.708. The third kappa shape index (κ3) is 2.30. The average molecular weight is 168 g/mol. The minimum Gasteiger partial charge on any atom is -0.321 e. The van der Waals surface area contributed by atoms with Crippen LogP contribution in [0, 0.1) is 5.92 Å². The van der Waals surface area contributed by atoms with Gasteiger partial charge in [0, 0.05) is 6.42 Å². The topological polar surface area (TPSA) is 67.6 Å². The van der Waals surface area contributed by atoms with Gasteiger partial charge in [-0.2, -0.15) is 5.10 Å². The molecule has 1 rings (SSSR count). The summed E-state index contributed by atoms with van der Waals surface area (Å²) in [7, 11) is 0. The minimum atomic E-state index is -0.0813. The number of hydrogen-bond donors (Lipinski definition) is 2. The molecule has 4 nitrogen and oxygen atoms in total. The maximum atomic E-state index is 5.61. The molecule has 1 aromatic heterocycles. The molecule has 0 radical (unpaired) electrons. The van der Waals surface area contributed by atoms with E-state index in [2.05, 4.69) is 29.0 Å². The number of nitrogens with two attached hydrogens (primary N) is 1.